The highest BCUT2D eigenvalue weighted by molar-refractivity contribution is 7.89. The zero-order chi connectivity index (χ0) is 13.6. The van der Waals surface area contributed by atoms with Gasteiger partial charge in [0.15, 0.2) is 0 Å². The maximum atomic E-state index is 11.9. The molecule has 0 atom stereocenters. The van der Waals surface area contributed by atoms with Crippen molar-refractivity contribution in [1.29, 1.82) is 0 Å². The van der Waals surface area contributed by atoms with Crippen LogP contribution in [0.15, 0.2) is 23.4 Å². The van der Waals surface area contributed by atoms with Gasteiger partial charge in [0, 0.05) is 25.5 Å². The second kappa shape index (κ2) is 6.67. The van der Waals surface area contributed by atoms with Gasteiger partial charge in [-0.25, -0.2) is 13.1 Å². The van der Waals surface area contributed by atoms with Crippen LogP contribution in [0, 0.1) is 0 Å². The summed E-state index contributed by atoms with van der Waals surface area (Å²) in [5.74, 6) is 0. The predicted octanol–water partition coefficient (Wildman–Crippen LogP) is 0.284. The van der Waals surface area contributed by atoms with E-state index in [0.29, 0.717) is 18.8 Å². The topological polar surface area (TPSA) is 88.3 Å². The van der Waals surface area contributed by atoms with Gasteiger partial charge in [0.25, 0.3) is 0 Å². The van der Waals surface area contributed by atoms with E-state index < -0.39 is 10.0 Å². The molecule has 6 nitrogen and oxygen atoms in total. The van der Waals surface area contributed by atoms with E-state index in [1.54, 1.807) is 0 Å². The van der Waals surface area contributed by atoms with Gasteiger partial charge in [-0.1, -0.05) is 13.8 Å². The molecule has 0 aromatic carbocycles. The van der Waals surface area contributed by atoms with Crippen molar-refractivity contribution in [3.05, 3.63) is 18.5 Å². The van der Waals surface area contributed by atoms with Gasteiger partial charge in [-0.05, 0) is 19.2 Å². The third kappa shape index (κ3) is 4.25. The van der Waals surface area contributed by atoms with Crippen molar-refractivity contribution in [1.82, 2.24) is 14.6 Å². The Morgan fingerprint density at radius 1 is 1.33 bits per heavy atom. The predicted molar refractivity (Wildman–Crippen MR) is 71.6 cm³/mol. The Hall–Kier alpha value is -1.18. The first kappa shape index (κ1) is 14.9. The van der Waals surface area contributed by atoms with Gasteiger partial charge in [-0.15, -0.1) is 0 Å². The molecule has 1 aromatic heterocycles. The van der Waals surface area contributed by atoms with Crippen molar-refractivity contribution in [2.45, 2.75) is 18.7 Å². The molecule has 1 heterocycles. The second-order valence-corrected chi connectivity index (χ2v) is 5.65. The number of pyridine rings is 1. The molecule has 0 unspecified atom stereocenters. The molecule has 0 amide bonds. The molecule has 0 aliphatic rings. The molecule has 0 saturated carbocycles. The Morgan fingerprint density at radius 3 is 2.56 bits per heavy atom. The van der Waals surface area contributed by atoms with E-state index in [4.69, 9.17) is 5.73 Å². The van der Waals surface area contributed by atoms with Crippen LogP contribution in [0.1, 0.15) is 13.8 Å². The molecule has 0 aliphatic carbocycles. The number of nitrogens with one attached hydrogen (secondary N) is 1. The molecule has 0 aliphatic heterocycles. The normalized spacial score (nSPS) is 11.9. The summed E-state index contributed by atoms with van der Waals surface area (Å²) in [4.78, 5) is 6.01. The molecule has 18 heavy (non-hydrogen) atoms. The minimum Gasteiger partial charge on any atom is -0.397 e. The highest BCUT2D eigenvalue weighted by Gasteiger charge is 2.14. The minimum atomic E-state index is -3.51. The fourth-order valence-electron chi connectivity index (χ4n) is 1.54. The number of hydrogen-bond donors (Lipinski definition) is 2. The van der Waals surface area contributed by atoms with Crippen molar-refractivity contribution in [2.24, 2.45) is 0 Å². The zero-order valence-electron chi connectivity index (χ0n) is 10.8. The lowest BCUT2D eigenvalue weighted by atomic mass is 10.4. The Balaban J connectivity index is 2.60. The summed E-state index contributed by atoms with van der Waals surface area (Å²) in [6.45, 7) is 6.94. The van der Waals surface area contributed by atoms with Crippen molar-refractivity contribution < 1.29 is 8.42 Å². The number of aromatic nitrogens is 1. The maximum absolute atomic E-state index is 11.9. The average molecular weight is 272 g/mol. The molecule has 3 N–H and O–H groups in total. The molecule has 0 fully saturated rings. The molecular formula is C11H20N4O2S. The first-order valence-electron chi connectivity index (χ1n) is 5.92. The van der Waals surface area contributed by atoms with Crippen molar-refractivity contribution in [3.63, 3.8) is 0 Å². The van der Waals surface area contributed by atoms with Gasteiger partial charge in [0.05, 0.1) is 5.69 Å². The molecule has 0 radical (unpaired) electrons. The highest BCUT2D eigenvalue weighted by Crippen LogP contribution is 2.10. The van der Waals surface area contributed by atoms with Crippen molar-refractivity contribution in [3.8, 4) is 0 Å². The van der Waals surface area contributed by atoms with Crippen LogP contribution in [-0.4, -0.2) is 44.5 Å². The van der Waals surface area contributed by atoms with E-state index in [0.717, 1.165) is 13.1 Å². The molecule has 102 valence electrons. The van der Waals surface area contributed by atoms with E-state index in [1.807, 2.05) is 13.8 Å². The number of nitrogens with two attached hydrogens (primary N) is 1. The lowest BCUT2D eigenvalue weighted by Gasteiger charge is -2.17. The Bertz CT molecular complexity index is 472. The Kier molecular flexibility index (Phi) is 5.52. The molecular weight excluding hydrogens is 252 g/mol. The molecule has 0 spiro atoms. The minimum absolute atomic E-state index is 0.0991. The van der Waals surface area contributed by atoms with Gasteiger partial charge in [-0.2, -0.15) is 0 Å². The van der Waals surface area contributed by atoms with Gasteiger partial charge < -0.3 is 10.6 Å². The first-order chi connectivity index (χ1) is 8.49. The summed E-state index contributed by atoms with van der Waals surface area (Å²) in [7, 11) is -3.51. The van der Waals surface area contributed by atoms with E-state index in [1.165, 1.54) is 18.5 Å². The fraction of sp³-hybridized carbons (Fsp3) is 0.545. The van der Waals surface area contributed by atoms with E-state index >= 15 is 0 Å². The zero-order valence-corrected chi connectivity index (χ0v) is 11.6. The van der Waals surface area contributed by atoms with Gasteiger partial charge in [0.1, 0.15) is 4.90 Å². The summed E-state index contributed by atoms with van der Waals surface area (Å²) in [5.41, 5.74) is 5.85. The van der Waals surface area contributed by atoms with Crippen LogP contribution < -0.4 is 10.5 Å². The van der Waals surface area contributed by atoms with E-state index in [9.17, 15) is 8.42 Å². The van der Waals surface area contributed by atoms with E-state index in [2.05, 4.69) is 14.6 Å². The van der Waals surface area contributed by atoms with Crippen molar-refractivity contribution >= 4 is 15.7 Å². The number of likely N-dealkylation sites (N-methyl/N-ethyl adjacent to an activating group) is 1. The number of rotatable bonds is 7. The lowest BCUT2D eigenvalue weighted by Crippen LogP contribution is -2.34. The van der Waals surface area contributed by atoms with Crippen LogP contribution in [0.5, 0.6) is 0 Å². The quantitative estimate of drug-likeness (QED) is 0.744. The van der Waals surface area contributed by atoms with Crippen LogP contribution >= 0.6 is 0 Å². The Morgan fingerprint density at radius 2 is 2.00 bits per heavy atom. The van der Waals surface area contributed by atoms with Crippen LogP contribution in [0.25, 0.3) is 0 Å². The molecule has 0 saturated heterocycles. The number of sulfonamides is 1. The maximum Gasteiger partial charge on any atom is 0.242 e. The first-order valence-corrected chi connectivity index (χ1v) is 7.40. The molecule has 0 bridgehead atoms. The molecule has 1 rings (SSSR count). The van der Waals surface area contributed by atoms with Gasteiger partial charge in [0.2, 0.25) is 10.0 Å². The number of nitrogens with zero attached hydrogens (tertiary/aromatic N) is 2. The van der Waals surface area contributed by atoms with Crippen LogP contribution in [0.2, 0.25) is 0 Å². The number of anilines is 1. The fourth-order valence-corrected chi connectivity index (χ4v) is 2.56. The average Bonchev–Trinajstić information content (AvgIpc) is 2.34. The monoisotopic (exact) mass is 272 g/mol. The van der Waals surface area contributed by atoms with Gasteiger partial charge >= 0.3 is 0 Å². The summed E-state index contributed by atoms with van der Waals surface area (Å²) in [5, 5.41) is 0. The van der Waals surface area contributed by atoms with E-state index in [-0.39, 0.29) is 4.90 Å². The third-order valence-electron chi connectivity index (χ3n) is 2.66. The Labute approximate surface area is 108 Å². The summed E-state index contributed by atoms with van der Waals surface area (Å²) in [6, 6.07) is 1.40. The highest BCUT2D eigenvalue weighted by atomic mass is 32.2. The summed E-state index contributed by atoms with van der Waals surface area (Å²) < 4.78 is 26.4. The largest absolute Gasteiger partial charge is 0.397 e. The summed E-state index contributed by atoms with van der Waals surface area (Å²) >= 11 is 0. The third-order valence-corrected chi connectivity index (χ3v) is 4.09. The summed E-state index contributed by atoms with van der Waals surface area (Å²) in [6.07, 6.45) is 2.70. The van der Waals surface area contributed by atoms with Crippen LogP contribution in [0.3, 0.4) is 0 Å². The van der Waals surface area contributed by atoms with Crippen molar-refractivity contribution in [2.75, 3.05) is 31.9 Å². The standard InChI is InChI=1S/C11H20N4O2S/c1-3-15(4-2)6-5-14-18(16,17)11-7-10(12)8-13-9-11/h7-9,14H,3-6,12H2,1-2H3. The SMILES string of the molecule is CCN(CC)CCNS(=O)(=O)c1cncc(N)c1. The van der Waals surface area contributed by atoms with Crippen LogP contribution in [0.4, 0.5) is 5.69 Å². The molecule has 1 aromatic rings. The smallest absolute Gasteiger partial charge is 0.242 e. The number of nitrogen functional groups attached to an aromatic ring is 1. The second-order valence-electron chi connectivity index (χ2n) is 3.88. The van der Waals surface area contributed by atoms with Crippen LogP contribution in [-0.2, 0) is 10.0 Å². The van der Waals surface area contributed by atoms with Gasteiger partial charge in [-0.3, -0.25) is 4.98 Å². The number of hydrogen-bond acceptors (Lipinski definition) is 5. The molecule has 7 heteroatoms. The lowest BCUT2D eigenvalue weighted by molar-refractivity contribution is 0.309.